The van der Waals surface area contributed by atoms with Crippen LogP contribution >= 0.6 is 0 Å². The van der Waals surface area contributed by atoms with Crippen molar-refractivity contribution < 1.29 is 9.47 Å². The summed E-state index contributed by atoms with van der Waals surface area (Å²) in [4.78, 5) is 0. The molecule has 0 aliphatic rings. The second-order valence-corrected chi connectivity index (χ2v) is 2.35. The molecule has 2 radical (unpaired) electrons. The van der Waals surface area contributed by atoms with E-state index in [4.69, 9.17) is 9.47 Å². The highest BCUT2D eigenvalue weighted by molar-refractivity contribution is 5.40. The minimum atomic E-state index is 0.790. The maximum absolute atomic E-state index is 5.08. The van der Waals surface area contributed by atoms with Crippen molar-refractivity contribution in [2.75, 3.05) is 14.2 Å². The number of rotatable bonds is 3. The van der Waals surface area contributed by atoms with Gasteiger partial charge in [0.1, 0.15) is 11.5 Å². The molecule has 0 amide bonds. The summed E-state index contributed by atoms with van der Waals surface area (Å²) in [6, 6.07) is 5.64. The van der Waals surface area contributed by atoms with Crippen LogP contribution in [0.1, 0.15) is 12.5 Å². The summed E-state index contributed by atoms with van der Waals surface area (Å²) in [6.07, 6.45) is 3.02. The van der Waals surface area contributed by atoms with E-state index in [1.165, 1.54) is 0 Å². The normalized spacial score (nSPS) is 9.58. The van der Waals surface area contributed by atoms with Gasteiger partial charge in [0.2, 0.25) is 0 Å². The zero-order valence-corrected chi connectivity index (χ0v) is 7.55. The summed E-state index contributed by atoms with van der Waals surface area (Å²) in [5.74, 6) is 1.58. The number of hydrogen-bond donors (Lipinski definition) is 0. The monoisotopic (exact) mass is 164 g/mol. The molecule has 0 spiro atoms. The second kappa shape index (κ2) is 4.00. The third-order valence-corrected chi connectivity index (χ3v) is 1.64. The summed E-state index contributed by atoms with van der Waals surface area (Å²) in [7, 11) is 3.27. The van der Waals surface area contributed by atoms with Crippen LogP contribution in [-0.2, 0) is 0 Å². The minimum absolute atomic E-state index is 0.790. The van der Waals surface area contributed by atoms with Crippen molar-refractivity contribution in [1.82, 2.24) is 0 Å². The quantitative estimate of drug-likeness (QED) is 0.681. The number of hydrogen-bond acceptors (Lipinski definition) is 2. The van der Waals surface area contributed by atoms with Crippen LogP contribution in [0.15, 0.2) is 18.2 Å². The molecule has 1 aromatic rings. The molecule has 0 saturated heterocycles. The maximum atomic E-state index is 5.08. The van der Waals surface area contributed by atoms with Crippen molar-refractivity contribution in [3.63, 3.8) is 0 Å². The lowest BCUT2D eigenvalue weighted by Gasteiger charge is -2.05. The van der Waals surface area contributed by atoms with Crippen LogP contribution in [0.25, 0.3) is 0 Å². The van der Waals surface area contributed by atoms with Gasteiger partial charge >= 0.3 is 0 Å². The van der Waals surface area contributed by atoms with Gasteiger partial charge in [-0.1, -0.05) is 6.92 Å². The maximum Gasteiger partial charge on any atom is 0.122 e. The van der Waals surface area contributed by atoms with Crippen molar-refractivity contribution in [2.24, 2.45) is 0 Å². The van der Waals surface area contributed by atoms with Crippen molar-refractivity contribution in [3.05, 3.63) is 30.2 Å². The second-order valence-electron chi connectivity index (χ2n) is 2.35. The molecule has 0 aromatic heterocycles. The molecule has 0 aliphatic heterocycles. The van der Waals surface area contributed by atoms with Crippen LogP contribution < -0.4 is 9.47 Å². The van der Waals surface area contributed by atoms with E-state index in [-0.39, 0.29) is 0 Å². The van der Waals surface area contributed by atoms with Gasteiger partial charge in [-0.15, -0.1) is 0 Å². The SMILES string of the molecule is C[C]c1cc(OC)cc(OC)c1. The van der Waals surface area contributed by atoms with E-state index in [9.17, 15) is 0 Å². The van der Waals surface area contributed by atoms with E-state index in [0.29, 0.717) is 0 Å². The highest BCUT2D eigenvalue weighted by Gasteiger charge is 1.99. The Labute approximate surface area is 73.1 Å². The Kier molecular flexibility index (Phi) is 2.97. The standard InChI is InChI=1S/C10H12O2/c1-4-8-5-9(11-2)7-10(6-8)12-3/h5-7H,1-3H3. The molecule has 0 N–H and O–H groups in total. The average molecular weight is 164 g/mol. The Balaban J connectivity index is 3.01. The molecule has 0 atom stereocenters. The number of ether oxygens (including phenoxy) is 2. The molecule has 64 valence electrons. The highest BCUT2D eigenvalue weighted by Crippen LogP contribution is 2.22. The van der Waals surface area contributed by atoms with Gasteiger partial charge in [0.05, 0.1) is 14.2 Å². The molecule has 0 heterocycles. The molecule has 0 bridgehead atoms. The molecular formula is C10H12O2. The fourth-order valence-electron chi connectivity index (χ4n) is 0.952. The zero-order valence-electron chi connectivity index (χ0n) is 7.55. The van der Waals surface area contributed by atoms with E-state index >= 15 is 0 Å². The smallest absolute Gasteiger partial charge is 0.122 e. The van der Waals surface area contributed by atoms with Crippen LogP contribution in [-0.4, -0.2) is 14.2 Å². The van der Waals surface area contributed by atoms with E-state index in [1.807, 2.05) is 25.1 Å². The van der Waals surface area contributed by atoms with Gasteiger partial charge in [-0.2, -0.15) is 0 Å². The van der Waals surface area contributed by atoms with Crippen molar-refractivity contribution in [3.8, 4) is 11.5 Å². The molecule has 2 heteroatoms. The van der Waals surface area contributed by atoms with Gasteiger partial charge in [0.25, 0.3) is 0 Å². The Morgan fingerprint density at radius 1 is 1.00 bits per heavy atom. The lowest BCUT2D eigenvalue weighted by Crippen LogP contribution is -1.89. The molecule has 12 heavy (non-hydrogen) atoms. The summed E-state index contributed by atoms with van der Waals surface area (Å²) in [6.45, 7) is 1.86. The van der Waals surface area contributed by atoms with Crippen LogP contribution in [0, 0.1) is 6.42 Å². The molecule has 1 aromatic carbocycles. The van der Waals surface area contributed by atoms with E-state index in [2.05, 4.69) is 6.42 Å². The molecular weight excluding hydrogens is 152 g/mol. The van der Waals surface area contributed by atoms with Gasteiger partial charge in [-0.25, -0.2) is 0 Å². The first-order valence-corrected chi connectivity index (χ1v) is 3.71. The molecule has 1 rings (SSSR count). The van der Waals surface area contributed by atoms with E-state index in [1.54, 1.807) is 14.2 Å². The fourth-order valence-corrected chi connectivity index (χ4v) is 0.952. The Bertz CT molecular complexity index is 201. The zero-order chi connectivity index (χ0) is 8.97. The summed E-state index contributed by atoms with van der Waals surface area (Å²) >= 11 is 0. The highest BCUT2D eigenvalue weighted by atomic mass is 16.5. The third-order valence-electron chi connectivity index (χ3n) is 1.64. The fraction of sp³-hybridized carbons (Fsp3) is 0.300. The third kappa shape index (κ3) is 1.91. The average Bonchev–Trinajstić information content (AvgIpc) is 2.16. The first-order valence-electron chi connectivity index (χ1n) is 3.71. The first kappa shape index (κ1) is 8.91. The molecule has 0 saturated carbocycles. The van der Waals surface area contributed by atoms with Gasteiger partial charge in [-0.3, -0.25) is 0 Å². The van der Waals surface area contributed by atoms with Gasteiger partial charge in [0.15, 0.2) is 0 Å². The predicted molar refractivity (Wildman–Crippen MR) is 47.6 cm³/mol. The Hall–Kier alpha value is -1.18. The number of methoxy groups -OCH3 is 2. The molecule has 0 unspecified atom stereocenters. The largest absolute Gasteiger partial charge is 0.497 e. The predicted octanol–water partition coefficient (Wildman–Crippen LogP) is 2.15. The van der Waals surface area contributed by atoms with Crippen LogP contribution in [0.2, 0.25) is 0 Å². The summed E-state index contributed by atoms with van der Waals surface area (Å²) in [5, 5.41) is 0. The topological polar surface area (TPSA) is 18.5 Å². The lowest BCUT2D eigenvalue weighted by molar-refractivity contribution is 0.394. The molecule has 2 nitrogen and oxygen atoms in total. The van der Waals surface area contributed by atoms with E-state index < -0.39 is 0 Å². The Morgan fingerprint density at radius 2 is 1.50 bits per heavy atom. The van der Waals surface area contributed by atoms with Crippen LogP contribution in [0.3, 0.4) is 0 Å². The van der Waals surface area contributed by atoms with Gasteiger partial charge in [-0.05, 0) is 17.7 Å². The van der Waals surface area contributed by atoms with Crippen LogP contribution in [0.4, 0.5) is 0 Å². The summed E-state index contributed by atoms with van der Waals surface area (Å²) < 4.78 is 10.2. The molecule has 0 fully saturated rings. The Morgan fingerprint density at radius 3 is 1.83 bits per heavy atom. The lowest BCUT2D eigenvalue weighted by atomic mass is 10.1. The van der Waals surface area contributed by atoms with Gasteiger partial charge < -0.3 is 9.47 Å². The minimum Gasteiger partial charge on any atom is -0.497 e. The van der Waals surface area contributed by atoms with Crippen molar-refractivity contribution >= 4 is 0 Å². The van der Waals surface area contributed by atoms with E-state index in [0.717, 1.165) is 17.1 Å². The van der Waals surface area contributed by atoms with Gasteiger partial charge in [0, 0.05) is 12.5 Å². The van der Waals surface area contributed by atoms with Crippen molar-refractivity contribution in [1.29, 1.82) is 0 Å². The summed E-state index contributed by atoms with van der Waals surface area (Å²) in [5.41, 5.74) is 0.978. The van der Waals surface area contributed by atoms with Crippen molar-refractivity contribution in [2.45, 2.75) is 6.92 Å². The van der Waals surface area contributed by atoms with Crippen LogP contribution in [0.5, 0.6) is 11.5 Å². The number of benzene rings is 1. The first-order chi connectivity index (χ1) is 5.80. The molecule has 0 aliphatic carbocycles.